The summed E-state index contributed by atoms with van der Waals surface area (Å²) in [6.07, 6.45) is -0.381. The first-order valence-electron chi connectivity index (χ1n) is 8.02. The number of alkyl halides is 1. The predicted octanol–water partition coefficient (Wildman–Crippen LogP) is 4.34. The van der Waals surface area contributed by atoms with Gasteiger partial charge in [-0.15, -0.1) is 0 Å². The lowest BCUT2D eigenvalue weighted by molar-refractivity contribution is -0.00635. The molecule has 1 aliphatic rings. The van der Waals surface area contributed by atoms with Crippen LogP contribution in [0.1, 0.15) is 45.8 Å². The Morgan fingerprint density at radius 3 is 2.05 bits per heavy atom. The average Bonchev–Trinajstić information content (AvgIpc) is 2.48. The molecule has 0 bridgehead atoms. The Kier molecular flexibility index (Phi) is 10.9. The van der Waals surface area contributed by atoms with Crippen LogP contribution in [-0.2, 0) is 0 Å². The fourth-order valence-electron chi connectivity index (χ4n) is 2.29. The van der Waals surface area contributed by atoms with E-state index in [4.69, 9.17) is 0 Å². The average molecular weight is 319 g/mol. The molecular weight excluding hydrogens is 291 g/mol. The summed E-state index contributed by atoms with van der Waals surface area (Å²) in [6, 6.07) is 3.08. The molecule has 1 N–H and O–H groups in total. The lowest BCUT2D eigenvalue weighted by atomic mass is 9.89. The van der Waals surface area contributed by atoms with Crippen LogP contribution in [0.5, 0.6) is 0 Å². The number of likely N-dealkylation sites (tertiary alicyclic amines) is 1. The van der Waals surface area contributed by atoms with E-state index in [1.165, 1.54) is 0 Å². The number of nitrogens with zero attached hydrogens (tertiary/aromatic N) is 1. The van der Waals surface area contributed by atoms with Crippen LogP contribution in [0.15, 0.2) is 18.2 Å². The Morgan fingerprint density at radius 1 is 1.09 bits per heavy atom. The summed E-state index contributed by atoms with van der Waals surface area (Å²) >= 11 is 0. The van der Waals surface area contributed by atoms with Crippen LogP contribution in [0.4, 0.5) is 13.2 Å². The number of aliphatic hydroxyl groups excluding tert-OH is 1. The molecule has 0 amide bonds. The summed E-state index contributed by atoms with van der Waals surface area (Å²) in [6.45, 7) is 9.59. The zero-order valence-corrected chi connectivity index (χ0v) is 14.0. The highest BCUT2D eigenvalue weighted by Crippen LogP contribution is 2.30. The maximum absolute atomic E-state index is 13.0. The van der Waals surface area contributed by atoms with Gasteiger partial charge in [-0.2, -0.15) is 0 Å². The molecule has 0 spiro atoms. The number of aliphatic hydroxyl groups is 1. The number of rotatable bonds is 5. The second kappa shape index (κ2) is 11.5. The Balaban J connectivity index is 0.00000102. The molecule has 0 saturated carbocycles. The molecule has 1 aromatic rings. The van der Waals surface area contributed by atoms with Gasteiger partial charge in [-0.25, -0.2) is 8.78 Å². The van der Waals surface area contributed by atoms with Crippen molar-refractivity contribution < 1.29 is 18.3 Å². The van der Waals surface area contributed by atoms with Crippen LogP contribution in [-0.4, -0.2) is 36.3 Å². The Morgan fingerprint density at radius 2 is 1.59 bits per heavy atom. The molecule has 128 valence electrons. The summed E-state index contributed by atoms with van der Waals surface area (Å²) in [5.41, 5.74) is 0.266. The van der Waals surface area contributed by atoms with Crippen molar-refractivity contribution >= 4 is 0 Å². The smallest absolute Gasteiger partial charge is 0.126 e. The Labute approximate surface area is 132 Å². The third-order valence-electron chi connectivity index (χ3n) is 3.27. The van der Waals surface area contributed by atoms with Gasteiger partial charge in [0.1, 0.15) is 11.6 Å². The number of benzene rings is 1. The second-order valence-electron chi connectivity index (χ2n) is 4.71. The van der Waals surface area contributed by atoms with Crippen LogP contribution in [0, 0.1) is 17.6 Å². The van der Waals surface area contributed by atoms with Crippen LogP contribution in [0.3, 0.4) is 0 Å². The van der Waals surface area contributed by atoms with E-state index in [2.05, 4.69) is 0 Å². The summed E-state index contributed by atoms with van der Waals surface area (Å²) in [5, 5.41) is 10.00. The number of halogens is 3. The molecule has 1 aromatic carbocycles. The first-order valence-corrected chi connectivity index (χ1v) is 8.02. The molecule has 0 aliphatic carbocycles. The highest BCUT2D eigenvalue weighted by atomic mass is 19.1. The van der Waals surface area contributed by atoms with Gasteiger partial charge in [-0.1, -0.05) is 27.7 Å². The van der Waals surface area contributed by atoms with Crippen LogP contribution >= 0.6 is 0 Å². The minimum absolute atomic E-state index is 0.0363. The van der Waals surface area contributed by atoms with Crippen molar-refractivity contribution in [2.75, 3.05) is 26.3 Å². The molecule has 1 fully saturated rings. The first-order chi connectivity index (χ1) is 10.6. The zero-order chi connectivity index (χ0) is 17.1. The van der Waals surface area contributed by atoms with Gasteiger partial charge >= 0.3 is 0 Å². The molecular formula is C17H28F3NO. The van der Waals surface area contributed by atoms with Gasteiger partial charge in [-0.3, -0.25) is 4.39 Å². The van der Waals surface area contributed by atoms with Crippen LogP contribution < -0.4 is 0 Å². The number of hydrogen-bond acceptors (Lipinski definition) is 2. The zero-order valence-electron chi connectivity index (χ0n) is 14.0. The lowest BCUT2D eigenvalue weighted by Crippen LogP contribution is -2.49. The van der Waals surface area contributed by atoms with Gasteiger partial charge in [0.25, 0.3) is 0 Å². The molecule has 1 unspecified atom stereocenters. The third kappa shape index (κ3) is 6.36. The second-order valence-corrected chi connectivity index (χ2v) is 4.71. The largest absolute Gasteiger partial charge is 0.388 e. The van der Waals surface area contributed by atoms with Gasteiger partial charge in [0, 0.05) is 31.6 Å². The van der Waals surface area contributed by atoms with E-state index >= 15 is 0 Å². The van der Waals surface area contributed by atoms with Crippen molar-refractivity contribution in [2.24, 2.45) is 5.92 Å². The molecule has 1 saturated heterocycles. The van der Waals surface area contributed by atoms with Crippen LogP contribution in [0.25, 0.3) is 0 Å². The summed E-state index contributed by atoms with van der Waals surface area (Å²) < 4.78 is 38.0. The molecule has 1 aliphatic heterocycles. The maximum atomic E-state index is 13.0. The minimum Gasteiger partial charge on any atom is -0.388 e. The van der Waals surface area contributed by atoms with Gasteiger partial charge in [0.15, 0.2) is 0 Å². The van der Waals surface area contributed by atoms with Gasteiger partial charge in [-0.05, 0) is 24.1 Å². The third-order valence-corrected chi connectivity index (χ3v) is 3.27. The maximum Gasteiger partial charge on any atom is 0.126 e. The number of hydrogen-bond donors (Lipinski definition) is 1. The van der Waals surface area contributed by atoms with E-state index in [0.29, 0.717) is 26.1 Å². The van der Waals surface area contributed by atoms with Crippen molar-refractivity contribution in [1.29, 1.82) is 0 Å². The van der Waals surface area contributed by atoms with Crippen molar-refractivity contribution in [2.45, 2.75) is 40.2 Å². The fraction of sp³-hybridized carbons (Fsp3) is 0.647. The lowest BCUT2D eigenvalue weighted by Gasteiger charge is -2.41. The van der Waals surface area contributed by atoms with Gasteiger partial charge < -0.3 is 10.0 Å². The normalized spacial score (nSPS) is 15.8. The Hall–Kier alpha value is -1.07. The SMILES string of the molecule is CC.CC.OC(c1cc(F)cc(F)c1)C1CN(CCCF)C1. The van der Waals surface area contributed by atoms with Gasteiger partial charge in [0.05, 0.1) is 12.8 Å². The van der Waals surface area contributed by atoms with Crippen molar-refractivity contribution in [1.82, 2.24) is 4.90 Å². The molecule has 2 rings (SSSR count). The topological polar surface area (TPSA) is 23.5 Å². The first kappa shape index (κ1) is 20.9. The quantitative estimate of drug-likeness (QED) is 0.872. The van der Waals surface area contributed by atoms with Crippen molar-refractivity contribution in [3.8, 4) is 0 Å². The fourth-order valence-corrected chi connectivity index (χ4v) is 2.29. The van der Waals surface area contributed by atoms with E-state index in [1.807, 2.05) is 32.6 Å². The summed E-state index contributed by atoms with van der Waals surface area (Å²) in [4.78, 5) is 2.02. The molecule has 5 heteroatoms. The van der Waals surface area contributed by atoms with E-state index in [-0.39, 0.29) is 18.2 Å². The van der Waals surface area contributed by atoms with E-state index in [0.717, 1.165) is 18.2 Å². The van der Waals surface area contributed by atoms with Crippen molar-refractivity contribution in [3.63, 3.8) is 0 Å². The van der Waals surface area contributed by atoms with Crippen LogP contribution in [0.2, 0.25) is 0 Å². The monoisotopic (exact) mass is 319 g/mol. The molecule has 0 radical (unpaired) electrons. The highest BCUT2D eigenvalue weighted by Gasteiger charge is 2.33. The van der Waals surface area contributed by atoms with Gasteiger partial charge in [0.2, 0.25) is 0 Å². The van der Waals surface area contributed by atoms with Crippen molar-refractivity contribution in [3.05, 3.63) is 35.4 Å². The van der Waals surface area contributed by atoms with E-state index in [1.54, 1.807) is 0 Å². The Bertz CT molecular complexity index is 389. The molecule has 0 aromatic heterocycles. The predicted molar refractivity (Wildman–Crippen MR) is 84.5 cm³/mol. The summed E-state index contributed by atoms with van der Waals surface area (Å²) in [5.74, 6) is -1.40. The molecule has 1 heterocycles. The molecule has 1 atom stereocenters. The standard InChI is InChI=1S/C13H16F3NO.2C2H6/c14-2-1-3-17-7-10(8-17)13(18)9-4-11(15)6-12(16)5-9;2*1-2/h4-6,10,13,18H,1-3,7-8H2;2*1-2H3. The molecule has 2 nitrogen and oxygen atoms in total. The highest BCUT2D eigenvalue weighted by molar-refractivity contribution is 5.21. The van der Waals surface area contributed by atoms with E-state index in [9.17, 15) is 18.3 Å². The van der Waals surface area contributed by atoms with E-state index < -0.39 is 17.7 Å². The molecule has 22 heavy (non-hydrogen) atoms. The minimum atomic E-state index is -0.864. The summed E-state index contributed by atoms with van der Waals surface area (Å²) in [7, 11) is 0.